The lowest BCUT2D eigenvalue weighted by Gasteiger charge is -2.01. The number of nitrogens with zero attached hydrogens (tertiary/aromatic N) is 2. The fraction of sp³-hybridized carbons (Fsp3) is 0.444. The molecule has 0 N–H and O–H groups in total. The van der Waals surface area contributed by atoms with Gasteiger partial charge in [-0.05, 0) is 0 Å². The van der Waals surface area contributed by atoms with Gasteiger partial charge < -0.3 is 0 Å². The predicted octanol–water partition coefficient (Wildman–Crippen LogP) is 3.16. The average molecular weight is 367 g/mol. The van der Waals surface area contributed by atoms with Gasteiger partial charge in [-0.3, -0.25) is 0 Å². The van der Waals surface area contributed by atoms with Crippen LogP contribution in [-0.4, -0.2) is 34.5 Å². The Morgan fingerprint density at radius 1 is 0.435 bits per heavy atom. The molecule has 2 nitrogen and oxygen atoms in total. The van der Waals surface area contributed by atoms with E-state index in [4.69, 9.17) is 0 Å². The maximum absolute atomic E-state index is 2.25. The molecule has 0 spiro atoms. The zero-order valence-electron chi connectivity index (χ0n) is 13.5. The van der Waals surface area contributed by atoms with Crippen LogP contribution in [0, 0.1) is 0 Å². The fourth-order valence-electron chi connectivity index (χ4n) is 2.05. The van der Waals surface area contributed by atoms with Crippen LogP contribution in [0.25, 0.3) is 0 Å². The summed E-state index contributed by atoms with van der Waals surface area (Å²) in [5, 5.41) is 0. The molecular formula is C18H26N2S3+2. The maximum atomic E-state index is 2.25. The third-order valence-corrected chi connectivity index (χ3v) is 6.72. The molecule has 0 radical (unpaired) electrons. The monoisotopic (exact) mass is 366 g/mol. The van der Waals surface area contributed by atoms with E-state index in [1.54, 1.807) is 0 Å². The van der Waals surface area contributed by atoms with Crippen molar-refractivity contribution in [2.75, 3.05) is 34.5 Å². The van der Waals surface area contributed by atoms with Crippen molar-refractivity contribution in [1.82, 2.24) is 0 Å². The average Bonchev–Trinajstić information content (AvgIpc) is 2.61. The van der Waals surface area contributed by atoms with E-state index in [-0.39, 0.29) is 0 Å². The Balaban J connectivity index is 1.34. The molecular weight excluding hydrogens is 340 g/mol. The summed E-state index contributed by atoms with van der Waals surface area (Å²) in [6, 6.07) is 12.5. The Morgan fingerprint density at radius 3 is 1.17 bits per heavy atom. The highest BCUT2D eigenvalue weighted by Crippen LogP contribution is 2.10. The smallest absolute Gasteiger partial charge is 0.168 e. The molecule has 0 aliphatic heterocycles. The van der Waals surface area contributed by atoms with Crippen LogP contribution in [-0.2, 0) is 13.1 Å². The van der Waals surface area contributed by atoms with E-state index in [1.165, 1.54) is 34.5 Å². The van der Waals surface area contributed by atoms with Crippen LogP contribution >= 0.6 is 35.3 Å². The van der Waals surface area contributed by atoms with Gasteiger partial charge >= 0.3 is 0 Å². The highest BCUT2D eigenvalue weighted by Gasteiger charge is 1.99. The number of aryl methyl sites for hydroxylation is 2. The molecule has 2 rings (SSSR count). The van der Waals surface area contributed by atoms with E-state index >= 15 is 0 Å². The van der Waals surface area contributed by atoms with Crippen molar-refractivity contribution in [3.8, 4) is 0 Å². The summed E-state index contributed by atoms with van der Waals surface area (Å²) >= 11 is 6.21. The molecule has 124 valence electrons. The summed E-state index contributed by atoms with van der Waals surface area (Å²) in [6.07, 6.45) is 8.56. The topological polar surface area (TPSA) is 7.76 Å². The number of rotatable bonds is 12. The molecule has 2 aromatic rings. The Morgan fingerprint density at radius 2 is 0.783 bits per heavy atom. The van der Waals surface area contributed by atoms with Crippen LogP contribution in [0.5, 0.6) is 0 Å². The van der Waals surface area contributed by atoms with Gasteiger partial charge in [-0.25, -0.2) is 9.13 Å². The Kier molecular flexibility index (Phi) is 10.3. The molecule has 0 fully saturated rings. The molecule has 0 saturated carbocycles. The third-order valence-electron chi connectivity index (χ3n) is 3.29. The van der Waals surface area contributed by atoms with Gasteiger partial charge in [0.05, 0.1) is 11.5 Å². The zero-order chi connectivity index (χ0) is 16.0. The summed E-state index contributed by atoms with van der Waals surface area (Å²) in [6.45, 7) is 2.23. The first kappa shape index (κ1) is 18.7. The third kappa shape index (κ3) is 9.28. The molecule has 5 heteroatoms. The van der Waals surface area contributed by atoms with Crippen molar-refractivity contribution in [3.05, 3.63) is 61.2 Å². The summed E-state index contributed by atoms with van der Waals surface area (Å²) in [4.78, 5) is 0. The predicted molar refractivity (Wildman–Crippen MR) is 105 cm³/mol. The van der Waals surface area contributed by atoms with Crippen molar-refractivity contribution in [1.29, 1.82) is 0 Å². The first-order chi connectivity index (χ1) is 11.4. The van der Waals surface area contributed by atoms with Crippen molar-refractivity contribution < 1.29 is 9.13 Å². The van der Waals surface area contributed by atoms with Gasteiger partial charge in [0, 0.05) is 47.3 Å². The quantitative estimate of drug-likeness (QED) is 0.421. The highest BCUT2D eigenvalue weighted by molar-refractivity contribution is 8.04. The molecule has 0 aliphatic rings. The minimum Gasteiger partial charge on any atom is -0.204 e. The summed E-state index contributed by atoms with van der Waals surface area (Å²) < 4.78 is 4.50. The van der Waals surface area contributed by atoms with E-state index in [2.05, 4.69) is 106 Å². The maximum Gasteiger partial charge on any atom is 0.168 e. The van der Waals surface area contributed by atoms with Gasteiger partial charge in [0.1, 0.15) is 0 Å². The van der Waals surface area contributed by atoms with Crippen LogP contribution in [0.4, 0.5) is 0 Å². The minimum atomic E-state index is 1.11. The number of pyridine rings is 2. The summed E-state index contributed by atoms with van der Waals surface area (Å²) in [5.74, 6) is 7.50. The van der Waals surface area contributed by atoms with Crippen LogP contribution < -0.4 is 9.13 Å². The minimum absolute atomic E-state index is 1.11. The number of hydrogen-bond donors (Lipinski definition) is 0. The second-order valence-electron chi connectivity index (χ2n) is 5.06. The lowest BCUT2D eigenvalue weighted by Crippen LogP contribution is -2.33. The Labute approximate surface area is 153 Å². The molecule has 0 aromatic carbocycles. The van der Waals surface area contributed by atoms with E-state index in [9.17, 15) is 0 Å². The highest BCUT2D eigenvalue weighted by atomic mass is 32.2. The standard InChI is InChI=1S/C18H26N2S3/c1-3-7-19(8-4-1)11-13-21-15-17-23-18-16-22-14-12-20-9-5-2-6-10-20/h1-10H,11-18H2/q+2. The molecule has 2 heterocycles. The van der Waals surface area contributed by atoms with Crippen molar-refractivity contribution in [3.63, 3.8) is 0 Å². The van der Waals surface area contributed by atoms with E-state index in [0.717, 1.165) is 13.1 Å². The second kappa shape index (κ2) is 12.7. The van der Waals surface area contributed by atoms with Gasteiger partial charge in [0.15, 0.2) is 37.9 Å². The molecule has 0 unspecified atom stereocenters. The van der Waals surface area contributed by atoms with Crippen LogP contribution in [0.3, 0.4) is 0 Å². The van der Waals surface area contributed by atoms with Gasteiger partial charge in [-0.2, -0.15) is 35.3 Å². The lowest BCUT2D eigenvalue weighted by molar-refractivity contribution is -0.692. The molecule has 0 aliphatic carbocycles. The first-order valence-corrected chi connectivity index (χ1v) is 11.5. The molecule has 0 atom stereocenters. The second-order valence-corrected chi connectivity index (χ2v) is 8.74. The molecule has 0 saturated heterocycles. The van der Waals surface area contributed by atoms with Crippen LogP contribution in [0.1, 0.15) is 0 Å². The first-order valence-electron chi connectivity index (χ1n) is 8.06. The SMILES string of the molecule is c1cc[n+](CCSCCSCCSCC[n+]2ccccc2)cc1. The largest absolute Gasteiger partial charge is 0.204 e. The van der Waals surface area contributed by atoms with Gasteiger partial charge in [0.25, 0.3) is 0 Å². The molecule has 0 amide bonds. The van der Waals surface area contributed by atoms with Crippen molar-refractivity contribution in [2.45, 2.75) is 13.1 Å². The summed E-state index contributed by atoms with van der Waals surface area (Å²) in [7, 11) is 0. The normalized spacial score (nSPS) is 10.8. The van der Waals surface area contributed by atoms with Gasteiger partial charge in [-0.1, -0.05) is 12.1 Å². The number of thioether (sulfide) groups is 3. The van der Waals surface area contributed by atoms with Crippen molar-refractivity contribution in [2.24, 2.45) is 0 Å². The van der Waals surface area contributed by atoms with E-state index < -0.39 is 0 Å². The summed E-state index contributed by atoms with van der Waals surface area (Å²) in [5.41, 5.74) is 0. The Hall–Kier alpha value is -0.650. The van der Waals surface area contributed by atoms with E-state index in [1.807, 2.05) is 0 Å². The Bertz CT molecular complexity index is 461. The van der Waals surface area contributed by atoms with Crippen molar-refractivity contribution >= 4 is 35.3 Å². The van der Waals surface area contributed by atoms with Crippen LogP contribution in [0.15, 0.2) is 61.2 Å². The van der Waals surface area contributed by atoms with Gasteiger partial charge in [0.2, 0.25) is 0 Å². The zero-order valence-corrected chi connectivity index (χ0v) is 16.0. The fourth-order valence-corrected chi connectivity index (χ4v) is 5.23. The molecule has 23 heavy (non-hydrogen) atoms. The number of hydrogen-bond acceptors (Lipinski definition) is 3. The molecule has 2 aromatic heterocycles. The van der Waals surface area contributed by atoms with E-state index in [0.29, 0.717) is 0 Å². The molecule has 0 bridgehead atoms. The number of aromatic nitrogens is 2. The van der Waals surface area contributed by atoms with Gasteiger partial charge in [-0.15, -0.1) is 0 Å². The lowest BCUT2D eigenvalue weighted by atomic mass is 10.5. The van der Waals surface area contributed by atoms with Crippen LogP contribution in [0.2, 0.25) is 0 Å².